The van der Waals surface area contributed by atoms with Crippen molar-refractivity contribution in [2.45, 2.75) is 6.54 Å². The van der Waals surface area contributed by atoms with Crippen molar-refractivity contribution in [1.29, 1.82) is 0 Å². The van der Waals surface area contributed by atoms with Crippen molar-refractivity contribution < 1.29 is 14.4 Å². The molecule has 1 aliphatic rings. The lowest BCUT2D eigenvalue weighted by molar-refractivity contribution is -0.136. The summed E-state index contributed by atoms with van der Waals surface area (Å²) in [5, 5.41) is 2.68. The second-order valence-corrected chi connectivity index (χ2v) is 6.25. The number of carbonyl (C=O) groups excluding carboxylic acids is 3. The lowest BCUT2D eigenvalue weighted by atomic mass is 10.1. The molecule has 8 nitrogen and oxygen atoms in total. The number of guanidine groups is 1. The number of nitrogens with zero attached hydrogens (tertiary/aromatic N) is 2. The van der Waals surface area contributed by atoms with Crippen molar-refractivity contribution in [3.05, 3.63) is 45.0 Å². The zero-order valence-electron chi connectivity index (χ0n) is 12.7. The normalized spacial score (nSPS) is 13.3. The van der Waals surface area contributed by atoms with Crippen molar-refractivity contribution in [3.8, 4) is 0 Å². The number of imide groups is 1. The van der Waals surface area contributed by atoms with Crippen LogP contribution >= 0.6 is 22.6 Å². The van der Waals surface area contributed by atoms with Crippen LogP contribution in [0.25, 0.3) is 0 Å². The first-order valence-corrected chi connectivity index (χ1v) is 8.11. The highest BCUT2D eigenvalue weighted by atomic mass is 127. The van der Waals surface area contributed by atoms with Crippen molar-refractivity contribution in [1.82, 2.24) is 10.2 Å². The van der Waals surface area contributed by atoms with Gasteiger partial charge in [-0.3, -0.25) is 19.3 Å². The Labute approximate surface area is 152 Å². The van der Waals surface area contributed by atoms with Gasteiger partial charge in [0.15, 0.2) is 5.96 Å². The van der Waals surface area contributed by atoms with Gasteiger partial charge in [-0.1, -0.05) is 0 Å². The Kier molecular flexibility index (Phi) is 5.90. The minimum absolute atomic E-state index is 0.0200. The average Bonchev–Trinajstić information content (AvgIpc) is 2.84. The zero-order chi connectivity index (χ0) is 17.7. The van der Waals surface area contributed by atoms with E-state index in [2.05, 4.69) is 32.9 Å². The molecular formula is C15H16IN5O3. The van der Waals surface area contributed by atoms with Crippen molar-refractivity contribution >= 4 is 46.3 Å². The second kappa shape index (κ2) is 7.90. The minimum Gasteiger partial charge on any atom is -0.370 e. The maximum Gasteiger partial charge on any atom is 0.253 e. The SMILES string of the molecule is NC(N)=NCc1cc(I)cc(C(=O)NCCN2C(=O)C=CC2=O)c1. The van der Waals surface area contributed by atoms with E-state index in [1.807, 2.05) is 6.07 Å². The van der Waals surface area contributed by atoms with E-state index in [0.29, 0.717) is 5.56 Å². The van der Waals surface area contributed by atoms with Crippen LogP contribution in [0.5, 0.6) is 0 Å². The Balaban J connectivity index is 1.95. The molecular weight excluding hydrogens is 425 g/mol. The fourth-order valence-corrected chi connectivity index (χ4v) is 2.83. The highest BCUT2D eigenvalue weighted by molar-refractivity contribution is 14.1. The summed E-state index contributed by atoms with van der Waals surface area (Å²) in [7, 11) is 0. The Bertz CT molecular complexity index is 723. The van der Waals surface area contributed by atoms with Crippen LogP contribution in [-0.2, 0) is 16.1 Å². The summed E-state index contributed by atoms with van der Waals surface area (Å²) in [6.07, 6.45) is 2.42. The summed E-state index contributed by atoms with van der Waals surface area (Å²) in [6, 6.07) is 5.29. The van der Waals surface area contributed by atoms with E-state index in [1.54, 1.807) is 12.1 Å². The highest BCUT2D eigenvalue weighted by Crippen LogP contribution is 2.13. The van der Waals surface area contributed by atoms with E-state index in [9.17, 15) is 14.4 Å². The molecule has 1 aromatic rings. The number of hydrogen-bond acceptors (Lipinski definition) is 4. The molecule has 24 heavy (non-hydrogen) atoms. The van der Waals surface area contributed by atoms with Crippen LogP contribution in [0.4, 0.5) is 0 Å². The summed E-state index contributed by atoms with van der Waals surface area (Å²) in [5.41, 5.74) is 11.9. The fourth-order valence-electron chi connectivity index (χ4n) is 2.09. The molecule has 0 saturated heterocycles. The third kappa shape index (κ3) is 4.78. The molecule has 0 atom stereocenters. The van der Waals surface area contributed by atoms with Gasteiger partial charge in [-0.15, -0.1) is 0 Å². The third-order valence-electron chi connectivity index (χ3n) is 3.19. The van der Waals surface area contributed by atoms with E-state index in [-0.39, 0.29) is 43.3 Å². The van der Waals surface area contributed by atoms with Gasteiger partial charge < -0.3 is 16.8 Å². The van der Waals surface area contributed by atoms with Gasteiger partial charge in [0, 0.05) is 34.4 Å². The van der Waals surface area contributed by atoms with Gasteiger partial charge in [0.05, 0.1) is 6.54 Å². The number of rotatable bonds is 6. The standard InChI is InChI=1S/C15H16IN5O3/c16-11-6-9(8-20-15(17)18)5-10(7-11)14(24)19-3-4-21-12(22)1-2-13(21)23/h1-2,5-7H,3-4,8H2,(H,19,24)(H4,17,18,20). The lowest BCUT2D eigenvalue weighted by Crippen LogP contribution is -2.38. The van der Waals surface area contributed by atoms with E-state index in [4.69, 9.17) is 11.5 Å². The Morgan fingerprint density at radius 3 is 2.46 bits per heavy atom. The zero-order valence-corrected chi connectivity index (χ0v) is 14.8. The summed E-state index contributed by atoms with van der Waals surface area (Å²) >= 11 is 2.10. The first-order chi connectivity index (χ1) is 11.4. The van der Waals surface area contributed by atoms with Gasteiger partial charge in [0.1, 0.15) is 0 Å². The van der Waals surface area contributed by atoms with Crippen molar-refractivity contribution in [3.63, 3.8) is 0 Å². The summed E-state index contributed by atoms with van der Waals surface area (Å²) in [6.45, 7) is 0.579. The molecule has 0 aliphatic carbocycles. The molecule has 3 amide bonds. The van der Waals surface area contributed by atoms with Gasteiger partial charge in [-0.05, 0) is 46.4 Å². The highest BCUT2D eigenvalue weighted by Gasteiger charge is 2.22. The second-order valence-electron chi connectivity index (χ2n) is 5.01. The lowest BCUT2D eigenvalue weighted by Gasteiger charge is -2.14. The van der Waals surface area contributed by atoms with Crippen LogP contribution in [0.1, 0.15) is 15.9 Å². The van der Waals surface area contributed by atoms with Crippen LogP contribution in [0.3, 0.4) is 0 Å². The molecule has 0 unspecified atom stereocenters. The van der Waals surface area contributed by atoms with E-state index in [0.717, 1.165) is 14.0 Å². The van der Waals surface area contributed by atoms with Crippen LogP contribution in [0.2, 0.25) is 0 Å². The molecule has 0 spiro atoms. The predicted molar refractivity (Wildman–Crippen MR) is 96.9 cm³/mol. The topological polar surface area (TPSA) is 131 Å². The van der Waals surface area contributed by atoms with Crippen LogP contribution in [0.15, 0.2) is 35.3 Å². The largest absolute Gasteiger partial charge is 0.370 e. The molecule has 0 aromatic heterocycles. The monoisotopic (exact) mass is 441 g/mol. The summed E-state index contributed by atoms with van der Waals surface area (Å²) in [5.74, 6) is -1.06. The molecule has 126 valence electrons. The number of amides is 3. The maximum atomic E-state index is 12.2. The number of aliphatic imine (C=N–C) groups is 1. The fraction of sp³-hybridized carbons (Fsp3) is 0.200. The molecule has 5 N–H and O–H groups in total. The molecule has 9 heteroatoms. The number of hydrogen-bond donors (Lipinski definition) is 3. The number of nitrogens with two attached hydrogens (primary N) is 2. The summed E-state index contributed by atoms with van der Waals surface area (Å²) < 4.78 is 0.871. The van der Waals surface area contributed by atoms with Gasteiger partial charge in [-0.25, -0.2) is 4.99 Å². The first-order valence-electron chi connectivity index (χ1n) is 7.03. The van der Waals surface area contributed by atoms with Crippen molar-refractivity contribution in [2.75, 3.05) is 13.1 Å². The van der Waals surface area contributed by atoms with Crippen LogP contribution in [0, 0.1) is 3.57 Å². The molecule has 1 aliphatic heterocycles. The van der Waals surface area contributed by atoms with Gasteiger partial charge in [0.25, 0.3) is 17.7 Å². The Morgan fingerprint density at radius 1 is 1.17 bits per heavy atom. The number of benzene rings is 1. The molecule has 0 radical (unpaired) electrons. The number of nitrogens with one attached hydrogen (secondary N) is 1. The molecule has 1 heterocycles. The number of halogens is 1. The van der Waals surface area contributed by atoms with Crippen LogP contribution in [-0.4, -0.2) is 41.7 Å². The van der Waals surface area contributed by atoms with E-state index >= 15 is 0 Å². The molecule has 0 bridgehead atoms. The molecule has 2 rings (SSSR count). The first kappa shape index (κ1) is 17.9. The van der Waals surface area contributed by atoms with Crippen LogP contribution < -0.4 is 16.8 Å². The Morgan fingerprint density at radius 2 is 1.83 bits per heavy atom. The van der Waals surface area contributed by atoms with E-state index < -0.39 is 0 Å². The van der Waals surface area contributed by atoms with Gasteiger partial charge in [-0.2, -0.15) is 0 Å². The molecule has 0 fully saturated rings. The maximum absolute atomic E-state index is 12.2. The Hall–Kier alpha value is -2.43. The molecule has 1 aromatic carbocycles. The average molecular weight is 441 g/mol. The van der Waals surface area contributed by atoms with Gasteiger partial charge >= 0.3 is 0 Å². The smallest absolute Gasteiger partial charge is 0.253 e. The minimum atomic E-state index is -0.372. The number of carbonyl (C=O) groups is 3. The summed E-state index contributed by atoms with van der Waals surface area (Å²) in [4.78, 5) is 40.0. The quantitative estimate of drug-likeness (QED) is 0.242. The predicted octanol–water partition coefficient (Wildman–Crippen LogP) is -0.281. The van der Waals surface area contributed by atoms with E-state index in [1.165, 1.54) is 12.2 Å². The third-order valence-corrected chi connectivity index (χ3v) is 3.81. The van der Waals surface area contributed by atoms with Gasteiger partial charge in [0.2, 0.25) is 0 Å². The van der Waals surface area contributed by atoms with Crippen molar-refractivity contribution in [2.24, 2.45) is 16.5 Å². The molecule has 0 saturated carbocycles.